The number of amides is 3. The molecule has 0 saturated heterocycles. The fraction of sp³-hybridized carbons (Fsp3) is 0.250. The Morgan fingerprint density at radius 1 is 1.21 bits per heavy atom. The molecule has 0 spiro atoms. The largest absolute Gasteiger partial charge is 0.399 e. The second-order valence-electron chi connectivity index (χ2n) is 3.93. The maximum Gasteiger partial charge on any atom is 0.251 e. The van der Waals surface area contributed by atoms with Gasteiger partial charge in [-0.25, -0.2) is 0 Å². The molecule has 0 radical (unpaired) electrons. The van der Waals surface area contributed by atoms with Crippen molar-refractivity contribution < 1.29 is 14.4 Å². The Balaban J connectivity index is 2.78. The topological polar surface area (TPSA) is 127 Å². The van der Waals surface area contributed by atoms with Gasteiger partial charge in [0, 0.05) is 18.3 Å². The quantitative estimate of drug-likeness (QED) is 0.508. The smallest absolute Gasteiger partial charge is 0.251 e. The van der Waals surface area contributed by atoms with Gasteiger partial charge in [0.05, 0.1) is 6.42 Å². The first-order valence-electron chi connectivity index (χ1n) is 5.60. The summed E-state index contributed by atoms with van der Waals surface area (Å²) in [5.41, 5.74) is 11.4. The van der Waals surface area contributed by atoms with E-state index in [0.29, 0.717) is 11.3 Å². The molecule has 0 aliphatic carbocycles. The number of hydrogen-bond donors (Lipinski definition) is 4. The highest BCUT2D eigenvalue weighted by molar-refractivity contribution is 5.98. The molecule has 3 amide bonds. The van der Waals surface area contributed by atoms with Gasteiger partial charge in [-0.2, -0.15) is 0 Å². The van der Waals surface area contributed by atoms with Crippen molar-refractivity contribution in [3.05, 3.63) is 29.8 Å². The molecule has 0 heterocycles. The van der Waals surface area contributed by atoms with E-state index in [1.165, 1.54) is 19.2 Å². The Bertz CT molecular complexity index is 484. The lowest BCUT2D eigenvalue weighted by Gasteiger charge is -2.15. The second-order valence-corrected chi connectivity index (χ2v) is 3.93. The van der Waals surface area contributed by atoms with E-state index in [4.69, 9.17) is 11.5 Å². The summed E-state index contributed by atoms with van der Waals surface area (Å²) in [6.45, 7) is 0. The van der Waals surface area contributed by atoms with E-state index in [2.05, 4.69) is 10.6 Å². The number of carbonyl (C=O) groups is 3. The van der Waals surface area contributed by atoms with Gasteiger partial charge in [-0.1, -0.05) is 0 Å². The molecular weight excluding hydrogens is 248 g/mol. The standard InChI is InChI=1S/C12H16N4O3/c1-15-12(19)9(6-10(14)17)16-11(18)7-2-4-8(13)5-3-7/h2-5,9H,6,13H2,1H3,(H2,14,17)(H,15,19)(H,16,18). The molecule has 1 aromatic carbocycles. The lowest BCUT2D eigenvalue weighted by atomic mass is 10.1. The normalized spacial score (nSPS) is 11.4. The number of anilines is 1. The molecule has 19 heavy (non-hydrogen) atoms. The van der Waals surface area contributed by atoms with Crippen LogP contribution < -0.4 is 22.1 Å². The van der Waals surface area contributed by atoms with Gasteiger partial charge in [0.15, 0.2) is 0 Å². The van der Waals surface area contributed by atoms with E-state index in [1.54, 1.807) is 12.1 Å². The van der Waals surface area contributed by atoms with Crippen molar-refractivity contribution in [1.82, 2.24) is 10.6 Å². The zero-order valence-electron chi connectivity index (χ0n) is 10.5. The molecule has 7 heteroatoms. The number of carbonyl (C=O) groups excluding carboxylic acids is 3. The van der Waals surface area contributed by atoms with Crippen molar-refractivity contribution in [3.8, 4) is 0 Å². The summed E-state index contributed by atoms with van der Waals surface area (Å²) < 4.78 is 0. The Kier molecular flexibility index (Phi) is 4.87. The summed E-state index contributed by atoms with van der Waals surface area (Å²) in [6.07, 6.45) is -0.264. The molecule has 1 rings (SSSR count). The van der Waals surface area contributed by atoms with Crippen molar-refractivity contribution in [3.63, 3.8) is 0 Å². The van der Waals surface area contributed by atoms with E-state index in [0.717, 1.165) is 0 Å². The van der Waals surface area contributed by atoms with Crippen LogP contribution in [0.2, 0.25) is 0 Å². The highest BCUT2D eigenvalue weighted by atomic mass is 16.2. The summed E-state index contributed by atoms with van der Waals surface area (Å²) in [5, 5.41) is 4.80. The fourth-order valence-corrected chi connectivity index (χ4v) is 1.46. The summed E-state index contributed by atoms with van der Waals surface area (Å²) in [4.78, 5) is 34.3. The van der Waals surface area contributed by atoms with Gasteiger partial charge in [0.2, 0.25) is 11.8 Å². The SMILES string of the molecule is CNC(=O)C(CC(N)=O)NC(=O)c1ccc(N)cc1. The van der Waals surface area contributed by atoms with Gasteiger partial charge in [0.25, 0.3) is 5.91 Å². The number of nitrogens with two attached hydrogens (primary N) is 2. The third kappa shape index (κ3) is 4.30. The number of likely N-dealkylation sites (N-methyl/N-ethyl adjacent to an activating group) is 1. The number of nitrogens with one attached hydrogen (secondary N) is 2. The molecule has 1 atom stereocenters. The number of primary amides is 1. The summed E-state index contributed by atoms with van der Waals surface area (Å²) >= 11 is 0. The lowest BCUT2D eigenvalue weighted by molar-refractivity contribution is -0.126. The molecule has 0 aliphatic rings. The molecule has 0 bridgehead atoms. The van der Waals surface area contributed by atoms with Crippen LogP contribution in [0.15, 0.2) is 24.3 Å². The van der Waals surface area contributed by atoms with Crippen molar-refractivity contribution in [2.24, 2.45) is 5.73 Å². The van der Waals surface area contributed by atoms with Crippen molar-refractivity contribution in [2.45, 2.75) is 12.5 Å². The van der Waals surface area contributed by atoms with Crippen LogP contribution >= 0.6 is 0 Å². The summed E-state index contributed by atoms with van der Waals surface area (Å²) in [7, 11) is 1.41. The van der Waals surface area contributed by atoms with E-state index < -0.39 is 23.8 Å². The zero-order valence-corrected chi connectivity index (χ0v) is 10.5. The van der Waals surface area contributed by atoms with Crippen molar-refractivity contribution in [2.75, 3.05) is 12.8 Å². The fourth-order valence-electron chi connectivity index (χ4n) is 1.46. The van der Waals surface area contributed by atoms with Crippen LogP contribution in [0.25, 0.3) is 0 Å². The first-order chi connectivity index (χ1) is 8.93. The van der Waals surface area contributed by atoms with Crippen LogP contribution in [0.1, 0.15) is 16.8 Å². The molecule has 1 unspecified atom stereocenters. The highest BCUT2D eigenvalue weighted by Crippen LogP contribution is 2.06. The average molecular weight is 264 g/mol. The number of nitrogen functional groups attached to an aromatic ring is 1. The molecule has 0 aromatic heterocycles. The maximum absolute atomic E-state index is 11.9. The molecule has 7 nitrogen and oxygen atoms in total. The molecule has 6 N–H and O–H groups in total. The minimum Gasteiger partial charge on any atom is -0.399 e. The lowest BCUT2D eigenvalue weighted by Crippen LogP contribution is -2.47. The monoisotopic (exact) mass is 264 g/mol. The number of rotatable bonds is 5. The van der Waals surface area contributed by atoms with Crippen LogP contribution in [-0.2, 0) is 9.59 Å². The van der Waals surface area contributed by atoms with Crippen LogP contribution in [0.3, 0.4) is 0 Å². The van der Waals surface area contributed by atoms with Crippen LogP contribution in [0.4, 0.5) is 5.69 Å². The van der Waals surface area contributed by atoms with E-state index >= 15 is 0 Å². The van der Waals surface area contributed by atoms with E-state index in [9.17, 15) is 14.4 Å². The van der Waals surface area contributed by atoms with Crippen molar-refractivity contribution in [1.29, 1.82) is 0 Å². The molecule has 0 aliphatic heterocycles. The summed E-state index contributed by atoms with van der Waals surface area (Å²) in [5.74, 6) is -1.64. The Hall–Kier alpha value is -2.57. The van der Waals surface area contributed by atoms with Crippen LogP contribution in [-0.4, -0.2) is 30.8 Å². The van der Waals surface area contributed by atoms with Crippen molar-refractivity contribution >= 4 is 23.4 Å². The molecule has 102 valence electrons. The molecular formula is C12H16N4O3. The van der Waals surface area contributed by atoms with Crippen LogP contribution in [0, 0.1) is 0 Å². The Morgan fingerprint density at radius 3 is 2.26 bits per heavy atom. The van der Waals surface area contributed by atoms with E-state index in [-0.39, 0.29) is 6.42 Å². The van der Waals surface area contributed by atoms with E-state index in [1.807, 2.05) is 0 Å². The predicted molar refractivity (Wildman–Crippen MR) is 70.0 cm³/mol. The van der Waals surface area contributed by atoms with Gasteiger partial charge in [0.1, 0.15) is 6.04 Å². The van der Waals surface area contributed by atoms with Gasteiger partial charge < -0.3 is 22.1 Å². The molecule has 0 saturated carbocycles. The van der Waals surface area contributed by atoms with Gasteiger partial charge in [-0.05, 0) is 24.3 Å². The zero-order chi connectivity index (χ0) is 14.4. The maximum atomic E-state index is 11.9. The van der Waals surface area contributed by atoms with Crippen LogP contribution in [0.5, 0.6) is 0 Å². The van der Waals surface area contributed by atoms with Gasteiger partial charge in [-0.3, -0.25) is 14.4 Å². The third-order valence-corrected chi connectivity index (χ3v) is 2.45. The van der Waals surface area contributed by atoms with Gasteiger partial charge >= 0.3 is 0 Å². The predicted octanol–water partition coefficient (Wildman–Crippen LogP) is -1.01. The minimum absolute atomic E-state index is 0.264. The average Bonchev–Trinajstić information content (AvgIpc) is 2.37. The highest BCUT2D eigenvalue weighted by Gasteiger charge is 2.22. The minimum atomic E-state index is -0.993. The Morgan fingerprint density at radius 2 is 1.79 bits per heavy atom. The third-order valence-electron chi connectivity index (χ3n) is 2.45. The molecule has 0 fully saturated rings. The number of hydrogen-bond acceptors (Lipinski definition) is 4. The number of benzene rings is 1. The molecule has 1 aromatic rings. The Labute approximate surface area is 110 Å². The summed E-state index contributed by atoms with van der Waals surface area (Å²) in [6, 6.07) is 5.19. The first-order valence-corrected chi connectivity index (χ1v) is 5.60. The second kappa shape index (κ2) is 6.39. The first kappa shape index (κ1) is 14.5. The van der Waals surface area contributed by atoms with Gasteiger partial charge in [-0.15, -0.1) is 0 Å².